The van der Waals surface area contributed by atoms with Crippen LogP contribution in [0.5, 0.6) is 0 Å². The van der Waals surface area contributed by atoms with Crippen molar-refractivity contribution >= 4 is 11.7 Å². The normalized spacial score (nSPS) is 12.6. The molecule has 4 N–H and O–H groups in total. The van der Waals surface area contributed by atoms with Crippen molar-refractivity contribution in [2.45, 2.75) is 32.2 Å². The molecule has 0 bridgehead atoms. The van der Waals surface area contributed by atoms with E-state index in [9.17, 15) is 18.0 Å². The van der Waals surface area contributed by atoms with Crippen molar-refractivity contribution in [1.82, 2.24) is 9.78 Å². The van der Waals surface area contributed by atoms with E-state index >= 15 is 0 Å². The minimum absolute atomic E-state index is 0.0676. The maximum absolute atomic E-state index is 12.8. The number of nitrogens with zero attached hydrogens (tertiary/aromatic N) is 2. The zero-order valence-electron chi connectivity index (χ0n) is 16.9. The summed E-state index contributed by atoms with van der Waals surface area (Å²) in [6.07, 6.45) is -4.11. The Morgan fingerprint density at radius 3 is 2.35 bits per heavy atom. The van der Waals surface area contributed by atoms with E-state index in [0.717, 1.165) is 17.7 Å². The molecule has 1 unspecified atom stereocenters. The van der Waals surface area contributed by atoms with Gasteiger partial charge in [0.15, 0.2) is 0 Å². The minimum Gasteiger partial charge on any atom is -0.383 e. The van der Waals surface area contributed by atoms with Gasteiger partial charge in [0.2, 0.25) is 0 Å². The van der Waals surface area contributed by atoms with Crippen molar-refractivity contribution in [2.24, 2.45) is 5.73 Å². The Morgan fingerprint density at radius 2 is 1.77 bits per heavy atom. The van der Waals surface area contributed by atoms with Crippen molar-refractivity contribution in [3.63, 3.8) is 0 Å². The van der Waals surface area contributed by atoms with E-state index in [4.69, 9.17) is 16.2 Å². The molecule has 0 saturated carbocycles. The van der Waals surface area contributed by atoms with Gasteiger partial charge in [-0.3, -0.25) is 4.79 Å². The molecule has 1 aromatic heterocycles. The van der Waals surface area contributed by atoms with Crippen molar-refractivity contribution in [1.29, 1.82) is 0 Å². The lowest BCUT2D eigenvalue weighted by Crippen LogP contribution is -2.17. The number of halogens is 3. The van der Waals surface area contributed by atoms with Crippen LogP contribution in [0.4, 0.5) is 19.0 Å². The van der Waals surface area contributed by atoms with E-state index in [1.807, 2.05) is 30.3 Å². The molecule has 0 fully saturated rings. The zero-order valence-corrected chi connectivity index (χ0v) is 16.9. The Balaban J connectivity index is 1.76. The summed E-state index contributed by atoms with van der Waals surface area (Å²) in [5, 5.41) is 4.41. The molecule has 0 aliphatic heterocycles. The number of carbonyl (C=O) groups is 1. The first kappa shape index (κ1) is 22.4. The molecule has 1 atom stereocenters. The number of ether oxygens (including phenoxy) is 1. The molecule has 0 aliphatic rings. The second kappa shape index (κ2) is 9.22. The lowest BCUT2D eigenvalue weighted by Gasteiger charge is -2.15. The van der Waals surface area contributed by atoms with Gasteiger partial charge in [0.1, 0.15) is 11.4 Å². The molecule has 3 aromatic rings. The van der Waals surface area contributed by atoms with Crippen LogP contribution in [0.15, 0.2) is 54.6 Å². The molecule has 2 aromatic carbocycles. The SMILES string of the molecule is CC(c1ccc(C(F)(F)F)cc1)n1nc(CCOCc2ccccc2)c(C(N)=O)c1N. The third-order valence-electron chi connectivity index (χ3n) is 4.95. The molecule has 9 heteroatoms. The highest BCUT2D eigenvalue weighted by atomic mass is 19.4. The number of primary amides is 1. The number of anilines is 1. The zero-order chi connectivity index (χ0) is 22.6. The van der Waals surface area contributed by atoms with E-state index in [2.05, 4.69) is 5.10 Å². The quantitative estimate of drug-likeness (QED) is 0.527. The van der Waals surface area contributed by atoms with Crippen molar-refractivity contribution in [3.05, 3.63) is 82.5 Å². The molecule has 1 amide bonds. The van der Waals surface area contributed by atoms with Gasteiger partial charge in [0.25, 0.3) is 5.91 Å². The Hall–Kier alpha value is -3.33. The summed E-state index contributed by atoms with van der Waals surface area (Å²) in [4.78, 5) is 11.9. The Kier molecular flexibility index (Phi) is 6.65. The number of hydrogen-bond donors (Lipinski definition) is 2. The smallest absolute Gasteiger partial charge is 0.383 e. The predicted molar refractivity (Wildman–Crippen MR) is 110 cm³/mol. The van der Waals surface area contributed by atoms with E-state index in [0.29, 0.717) is 30.9 Å². The van der Waals surface area contributed by atoms with Crippen LogP contribution < -0.4 is 11.5 Å². The summed E-state index contributed by atoms with van der Waals surface area (Å²) in [5.41, 5.74) is 12.9. The fourth-order valence-corrected chi connectivity index (χ4v) is 3.26. The van der Waals surface area contributed by atoms with Gasteiger partial charge in [-0.1, -0.05) is 42.5 Å². The second-order valence-corrected chi connectivity index (χ2v) is 7.10. The summed E-state index contributed by atoms with van der Waals surface area (Å²) < 4.78 is 45.5. The lowest BCUT2D eigenvalue weighted by molar-refractivity contribution is -0.137. The predicted octanol–water partition coefficient (Wildman–Crippen LogP) is 3.95. The molecule has 6 nitrogen and oxygen atoms in total. The number of aromatic nitrogens is 2. The van der Waals surface area contributed by atoms with Gasteiger partial charge < -0.3 is 16.2 Å². The third kappa shape index (κ3) is 5.24. The molecule has 0 radical (unpaired) electrons. The first-order valence-electron chi connectivity index (χ1n) is 9.64. The van der Waals surface area contributed by atoms with Crippen LogP contribution in [0.1, 0.15) is 45.7 Å². The van der Waals surface area contributed by atoms with Crippen molar-refractivity contribution in [3.8, 4) is 0 Å². The molecule has 0 spiro atoms. The molecular weight excluding hydrogens is 409 g/mol. The number of nitrogens with two attached hydrogens (primary N) is 2. The van der Waals surface area contributed by atoms with Gasteiger partial charge in [-0.15, -0.1) is 0 Å². The van der Waals surface area contributed by atoms with Crippen LogP contribution in [-0.2, 0) is 23.9 Å². The Labute approximate surface area is 177 Å². The fourth-order valence-electron chi connectivity index (χ4n) is 3.26. The van der Waals surface area contributed by atoms with E-state index in [-0.39, 0.29) is 11.4 Å². The number of alkyl halides is 3. The average Bonchev–Trinajstić information content (AvgIpc) is 3.07. The van der Waals surface area contributed by atoms with Gasteiger partial charge in [-0.05, 0) is 30.2 Å². The van der Waals surface area contributed by atoms with Crippen LogP contribution in [0.2, 0.25) is 0 Å². The van der Waals surface area contributed by atoms with E-state index < -0.39 is 23.7 Å². The third-order valence-corrected chi connectivity index (χ3v) is 4.95. The highest BCUT2D eigenvalue weighted by Gasteiger charge is 2.30. The van der Waals surface area contributed by atoms with E-state index in [1.54, 1.807) is 6.92 Å². The minimum atomic E-state index is -4.42. The number of hydrogen-bond acceptors (Lipinski definition) is 4. The van der Waals surface area contributed by atoms with Gasteiger partial charge in [0.05, 0.1) is 30.5 Å². The Bertz CT molecular complexity index is 1030. The first-order chi connectivity index (χ1) is 14.7. The van der Waals surface area contributed by atoms with Gasteiger partial charge in [-0.25, -0.2) is 4.68 Å². The van der Waals surface area contributed by atoms with Crippen LogP contribution in [0.3, 0.4) is 0 Å². The van der Waals surface area contributed by atoms with Gasteiger partial charge in [0, 0.05) is 6.42 Å². The molecular formula is C22H23F3N4O2. The lowest BCUT2D eigenvalue weighted by atomic mass is 10.1. The Morgan fingerprint density at radius 1 is 1.13 bits per heavy atom. The maximum Gasteiger partial charge on any atom is 0.416 e. The molecule has 0 saturated heterocycles. The van der Waals surface area contributed by atoms with E-state index in [1.165, 1.54) is 16.8 Å². The summed E-state index contributed by atoms with van der Waals surface area (Å²) >= 11 is 0. The monoisotopic (exact) mass is 432 g/mol. The summed E-state index contributed by atoms with van der Waals surface area (Å²) in [7, 11) is 0. The molecule has 1 heterocycles. The van der Waals surface area contributed by atoms with Crippen molar-refractivity contribution < 1.29 is 22.7 Å². The fraction of sp³-hybridized carbons (Fsp3) is 0.273. The number of rotatable bonds is 8. The molecule has 164 valence electrons. The largest absolute Gasteiger partial charge is 0.416 e. The maximum atomic E-state index is 12.8. The van der Waals surface area contributed by atoms with Crippen molar-refractivity contribution in [2.75, 3.05) is 12.3 Å². The van der Waals surface area contributed by atoms with Gasteiger partial charge in [-0.2, -0.15) is 18.3 Å². The summed E-state index contributed by atoms with van der Waals surface area (Å²) in [6.45, 7) is 2.43. The van der Waals surface area contributed by atoms with Crippen LogP contribution in [-0.4, -0.2) is 22.3 Å². The molecule has 0 aliphatic carbocycles. The summed E-state index contributed by atoms with van der Waals surface area (Å²) in [5.74, 6) is -0.653. The standard InChI is InChI=1S/C22H23F3N4O2/c1-14(16-7-9-17(10-8-16)22(23,24)25)29-20(26)19(21(27)30)18(28-29)11-12-31-13-15-5-3-2-4-6-15/h2-10,14H,11-13,26H2,1H3,(H2,27,30). The van der Waals surface area contributed by atoms with Crippen LogP contribution in [0.25, 0.3) is 0 Å². The van der Waals surface area contributed by atoms with Gasteiger partial charge >= 0.3 is 6.18 Å². The first-order valence-corrected chi connectivity index (χ1v) is 9.64. The molecule has 3 rings (SSSR count). The average molecular weight is 432 g/mol. The molecule has 31 heavy (non-hydrogen) atoms. The second-order valence-electron chi connectivity index (χ2n) is 7.10. The summed E-state index contributed by atoms with van der Waals surface area (Å²) in [6, 6.07) is 13.8. The number of carbonyl (C=O) groups excluding carboxylic acids is 1. The highest BCUT2D eigenvalue weighted by Crippen LogP contribution is 2.31. The van der Waals surface area contributed by atoms with Crippen LogP contribution in [0, 0.1) is 0 Å². The number of nitrogen functional groups attached to an aromatic ring is 1. The van der Waals surface area contributed by atoms with Crippen LogP contribution >= 0.6 is 0 Å². The number of amides is 1. The topological polar surface area (TPSA) is 96.2 Å². The highest BCUT2D eigenvalue weighted by molar-refractivity contribution is 5.98. The number of benzene rings is 2.